The Morgan fingerprint density at radius 3 is 1.60 bits per heavy atom. The van der Waals surface area contributed by atoms with Gasteiger partial charge in [-0.1, -0.05) is 140 Å². The van der Waals surface area contributed by atoms with Crippen LogP contribution >= 0.6 is 0 Å². The Bertz CT molecular complexity index is 2530. The van der Waals surface area contributed by atoms with E-state index in [-0.39, 0.29) is 0 Å². The first-order valence-corrected chi connectivity index (χ1v) is 16.3. The molecule has 2 heteroatoms. The van der Waals surface area contributed by atoms with Gasteiger partial charge in [0.05, 0.1) is 5.69 Å². The molecule has 9 rings (SSSR count). The molecule has 0 atom stereocenters. The number of fused-ring (bicyclic) bond motifs is 4. The van der Waals surface area contributed by atoms with Gasteiger partial charge in [-0.2, -0.15) is 0 Å². The van der Waals surface area contributed by atoms with E-state index < -0.39 is 0 Å². The Balaban J connectivity index is 1.20. The zero-order chi connectivity index (χ0) is 31.9. The number of nitrogens with zero attached hydrogens (tertiary/aromatic N) is 1. The highest BCUT2D eigenvalue weighted by atomic mass is 16.3. The number of anilines is 3. The van der Waals surface area contributed by atoms with E-state index in [0.717, 1.165) is 50.1 Å². The lowest BCUT2D eigenvalue weighted by Gasteiger charge is -2.28. The second-order valence-corrected chi connectivity index (χ2v) is 12.2. The van der Waals surface area contributed by atoms with Gasteiger partial charge in [0.15, 0.2) is 0 Å². The maximum Gasteiger partial charge on any atom is 0.137 e. The monoisotopic (exact) mass is 613 g/mol. The third-order valence-electron chi connectivity index (χ3n) is 9.26. The maximum atomic E-state index is 6.47. The molecule has 0 spiro atoms. The van der Waals surface area contributed by atoms with E-state index in [1.165, 1.54) is 33.0 Å². The van der Waals surface area contributed by atoms with Gasteiger partial charge in [0.25, 0.3) is 0 Å². The minimum Gasteiger partial charge on any atom is -0.456 e. The van der Waals surface area contributed by atoms with E-state index in [4.69, 9.17) is 4.42 Å². The minimum atomic E-state index is 0.867. The van der Waals surface area contributed by atoms with Crippen LogP contribution in [0.5, 0.6) is 0 Å². The quantitative estimate of drug-likeness (QED) is 0.185. The summed E-state index contributed by atoms with van der Waals surface area (Å²) in [6.07, 6.45) is 0. The molecule has 0 fully saturated rings. The van der Waals surface area contributed by atoms with Gasteiger partial charge in [0, 0.05) is 33.8 Å². The van der Waals surface area contributed by atoms with Crippen LogP contribution < -0.4 is 4.90 Å². The van der Waals surface area contributed by atoms with Crippen molar-refractivity contribution < 1.29 is 4.42 Å². The smallest absolute Gasteiger partial charge is 0.137 e. The predicted molar refractivity (Wildman–Crippen MR) is 202 cm³/mol. The van der Waals surface area contributed by atoms with E-state index in [0.29, 0.717) is 0 Å². The molecule has 1 aromatic heterocycles. The van der Waals surface area contributed by atoms with Crippen molar-refractivity contribution in [3.8, 4) is 33.4 Å². The first kappa shape index (κ1) is 27.9. The van der Waals surface area contributed by atoms with E-state index in [9.17, 15) is 0 Å². The number of furan rings is 1. The summed E-state index contributed by atoms with van der Waals surface area (Å²) < 4.78 is 6.47. The molecule has 0 aliphatic heterocycles. The number of hydrogen-bond acceptors (Lipinski definition) is 2. The molecule has 0 radical (unpaired) electrons. The summed E-state index contributed by atoms with van der Waals surface area (Å²) in [4.78, 5) is 2.35. The van der Waals surface area contributed by atoms with Gasteiger partial charge in [0.2, 0.25) is 0 Å². The summed E-state index contributed by atoms with van der Waals surface area (Å²) in [6.45, 7) is 0. The first-order valence-electron chi connectivity index (χ1n) is 16.3. The van der Waals surface area contributed by atoms with Gasteiger partial charge in [-0.05, 0) is 81.1 Å². The molecule has 0 unspecified atom stereocenters. The van der Waals surface area contributed by atoms with E-state index in [2.05, 4.69) is 181 Å². The highest BCUT2D eigenvalue weighted by Gasteiger charge is 2.21. The minimum absolute atomic E-state index is 0.867. The van der Waals surface area contributed by atoms with Gasteiger partial charge in [-0.15, -0.1) is 0 Å². The molecule has 2 nitrogen and oxygen atoms in total. The molecule has 0 N–H and O–H groups in total. The molecule has 0 saturated heterocycles. The van der Waals surface area contributed by atoms with Crippen molar-refractivity contribution in [1.82, 2.24) is 0 Å². The Kier molecular flexibility index (Phi) is 6.84. The van der Waals surface area contributed by atoms with E-state index >= 15 is 0 Å². The molecular weight excluding hydrogens is 583 g/mol. The molecule has 0 bridgehead atoms. The molecule has 8 aromatic carbocycles. The Labute approximate surface area is 279 Å². The van der Waals surface area contributed by atoms with Gasteiger partial charge >= 0.3 is 0 Å². The van der Waals surface area contributed by atoms with Crippen molar-refractivity contribution in [2.24, 2.45) is 0 Å². The highest BCUT2D eigenvalue weighted by molar-refractivity contribution is 6.09. The first-order chi connectivity index (χ1) is 23.8. The van der Waals surface area contributed by atoms with Crippen molar-refractivity contribution in [2.75, 3.05) is 4.90 Å². The number of benzene rings is 8. The fraction of sp³-hybridized carbons (Fsp3) is 0. The SMILES string of the molecule is c1ccc(-c2ccc(-c3ccc(N(c4ccccc4)c4cc5oc6ccccc6c5cc4-c4ccc5ccccc5c4)cc3)cc2)cc1. The van der Waals surface area contributed by atoms with Gasteiger partial charge in [0.1, 0.15) is 11.2 Å². The zero-order valence-electron chi connectivity index (χ0n) is 26.3. The summed E-state index contributed by atoms with van der Waals surface area (Å²) in [5, 5.41) is 4.67. The zero-order valence-corrected chi connectivity index (χ0v) is 26.3. The highest BCUT2D eigenvalue weighted by Crippen LogP contribution is 2.45. The fourth-order valence-corrected chi connectivity index (χ4v) is 6.83. The summed E-state index contributed by atoms with van der Waals surface area (Å²) in [7, 11) is 0. The average molecular weight is 614 g/mol. The summed E-state index contributed by atoms with van der Waals surface area (Å²) in [5.74, 6) is 0. The second-order valence-electron chi connectivity index (χ2n) is 12.2. The normalized spacial score (nSPS) is 11.3. The van der Waals surface area contributed by atoms with Crippen LogP contribution in [0.3, 0.4) is 0 Å². The lowest BCUT2D eigenvalue weighted by atomic mass is 9.96. The van der Waals surface area contributed by atoms with Crippen LogP contribution in [-0.4, -0.2) is 0 Å². The van der Waals surface area contributed by atoms with E-state index in [1.54, 1.807) is 0 Å². The molecule has 0 saturated carbocycles. The number of hydrogen-bond donors (Lipinski definition) is 0. The van der Waals surface area contributed by atoms with Crippen LogP contribution in [0.1, 0.15) is 0 Å². The predicted octanol–water partition coefficient (Wildman–Crippen LogP) is 13.2. The Hall–Kier alpha value is -6.38. The molecule has 0 aliphatic rings. The Morgan fingerprint density at radius 1 is 0.333 bits per heavy atom. The van der Waals surface area contributed by atoms with Gasteiger partial charge in [-0.25, -0.2) is 0 Å². The van der Waals surface area contributed by atoms with Crippen LogP contribution in [0.25, 0.3) is 66.1 Å². The van der Waals surface area contributed by atoms with Crippen molar-refractivity contribution in [3.05, 3.63) is 188 Å². The van der Waals surface area contributed by atoms with E-state index in [1.807, 2.05) is 12.1 Å². The summed E-state index contributed by atoms with van der Waals surface area (Å²) >= 11 is 0. The van der Waals surface area contributed by atoms with Crippen molar-refractivity contribution in [1.29, 1.82) is 0 Å². The van der Waals surface area contributed by atoms with Gasteiger partial charge < -0.3 is 9.32 Å². The topological polar surface area (TPSA) is 16.4 Å². The van der Waals surface area contributed by atoms with Crippen molar-refractivity contribution in [3.63, 3.8) is 0 Å². The molecule has 0 amide bonds. The molecule has 9 aromatic rings. The molecule has 0 aliphatic carbocycles. The number of para-hydroxylation sites is 2. The van der Waals surface area contributed by atoms with Crippen LogP contribution in [0, 0.1) is 0 Å². The van der Waals surface area contributed by atoms with Gasteiger partial charge in [-0.3, -0.25) is 0 Å². The van der Waals surface area contributed by atoms with Crippen LogP contribution in [0.2, 0.25) is 0 Å². The Morgan fingerprint density at radius 2 is 0.875 bits per heavy atom. The fourth-order valence-electron chi connectivity index (χ4n) is 6.83. The number of rotatable bonds is 6. The molecule has 48 heavy (non-hydrogen) atoms. The summed E-state index contributed by atoms with van der Waals surface area (Å²) in [5.41, 5.74) is 12.1. The average Bonchev–Trinajstić information content (AvgIpc) is 3.53. The van der Waals surface area contributed by atoms with Crippen LogP contribution in [-0.2, 0) is 0 Å². The largest absolute Gasteiger partial charge is 0.456 e. The third-order valence-corrected chi connectivity index (χ3v) is 9.26. The van der Waals surface area contributed by atoms with Crippen molar-refractivity contribution in [2.45, 2.75) is 0 Å². The lowest BCUT2D eigenvalue weighted by molar-refractivity contribution is 0.669. The van der Waals surface area contributed by atoms with Crippen LogP contribution in [0.15, 0.2) is 192 Å². The maximum absolute atomic E-state index is 6.47. The van der Waals surface area contributed by atoms with Crippen molar-refractivity contribution >= 4 is 49.8 Å². The molecule has 226 valence electrons. The van der Waals surface area contributed by atoms with Crippen LogP contribution in [0.4, 0.5) is 17.1 Å². The summed E-state index contributed by atoms with van der Waals surface area (Å²) in [6, 6.07) is 66.9. The lowest BCUT2D eigenvalue weighted by Crippen LogP contribution is -2.11. The second kappa shape index (κ2) is 11.8. The third kappa shape index (κ3) is 5.01. The standard InChI is InChI=1S/C46H31NO/c1-3-11-32(12-4-1)34-19-21-35(22-20-34)36-25-27-40(28-26-36)47(39-15-5-2-6-16-39)44-31-46-43(41-17-9-10-18-45(41)48-46)30-42(44)38-24-23-33-13-7-8-14-37(33)29-38/h1-31H. The molecular formula is C46H31NO. The molecule has 1 heterocycles.